The van der Waals surface area contributed by atoms with Gasteiger partial charge in [0.05, 0.1) is 5.41 Å². The zero-order valence-electron chi connectivity index (χ0n) is 29.5. The summed E-state index contributed by atoms with van der Waals surface area (Å²) in [5.41, 5.74) is 13.4. The molecule has 0 aliphatic carbocycles. The van der Waals surface area contributed by atoms with Crippen LogP contribution >= 0.6 is 0 Å². The number of nitrogens with two attached hydrogens (primary N) is 1. The molecule has 0 bridgehead atoms. The van der Waals surface area contributed by atoms with E-state index in [-0.39, 0.29) is 16.7 Å². The van der Waals surface area contributed by atoms with Crippen molar-refractivity contribution in [2.75, 3.05) is 44.7 Å². The average Bonchev–Trinajstić information content (AvgIpc) is 3.39. The van der Waals surface area contributed by atoms with Crippen LogP contribution in [-0.2, 0) is 15.6 Å². The maximum Gasteiger partial charge on any atom is 0.219 e. The number of amides is 1. The number of nitrogens with zero attached hydrogens (tertiary/aromatic N) is 2. The number of nitrogens with one attached hydrogen (secondary N) is 2. The number of carbonyl (C=O) groups excluding carboxylic acids is 1. The van der Waals surface area contributed by atoms with Gasteiger partial charge < -0.3 is 21.3 Å². The van der Waals surface area contributed by atoms with Crippen molar-refractivity contribution in [1.82, 2.24) is 10.6 Å². The Bertz CT molecular complexity index is 1490. The highest BCUT2D eigenvalue weighted by Gasteiger charge is 2.42. The summed E-state index contributed by atoms with van der Waals surface area (Å²) in [5.74, 6) is 0.164. The first kappa shape index (κ1) is 36.1. The van der Waals surface area contributed by atoms with Crippen molar-refractivity contribution in [3.63, 3.8) is 0 Å². The van der Waals surface area contributed by atoms with E-state index in [2.05, 4.69) is 146 Å². The van der Waals surface area contributed by atoms with Gasteiger partial charge in [0.25, 0.3) is 0 Å². The van der Waals surface area contributed by atoms with Crippen LogP contribution in [0.1, 0.15) is 83.8 Å². The predicted octanol–water partition coefficient (Wildman–Crippen LogP) is 7.44. The van der Waals surface area contributed by atoms with Gasteiger partial charge in [-0.05, 0) is 83.3 Å². The van der Waals surface area contributed by atoms with E-state index in [0.717, 1.165) is 71.2 Å². The molecule has 0 spiro atoms. The third-order valence-corrected chi connectivity index (χ3v) is 9.64. The normalized spacial score (nSPS) is 17.5. The number of rotatable bonds is 18. The van der Waals surface area contributed by atoms with Crippen LogP contribution in [-0.4, -0.2) is 56.0 Å². The molecule has 47 heavy (non-hydrogen) atoms. The summed E-state index contributed by atoms with van der Waals surface area (Å²) in [6.45, 7) is 13.6. The number of carbonyl (C=O) groups is 1. The maximum absolute atomic E-state index is 12.3. The van der Waals surface area contributed by atoms with Gasteiger partial charge in [-0.15, -0.1) is 0 Å². The summed E-state index contributed by atoms with van der Waals surface area (Å²) in [6.07, 6.45) is 21.9. The predicted molar refractivity (Wildman–Crippen MR) is 200 cm³/mol. The van der Waals surface area contributed by atoms with E-state index >= 15 is 0 Å². The van der Waals surface area contributed by atoms with Gasteiger partial charge in [-0.1, -0.05) is 87.0 Å². The number of allylic oxidation sites excluding steroid dienone is 8. The van der Waals surface area contributed by atoms with Crippen LogP contribution in [0.5, 0.6) is 0 Å². The lowest BCUT2D eigenvalue weighted by molar-refractivity contribution is -0.401. The molecule has 0 saturated heterocycles. The minimum absolute atomic E-state index is 0.0169. The molecule has 6 nitrogen and oxygen atoms in total. The molecule has 0 fully saturated rings. The molecule has 2 aliphatic rings. The van der Waals surface area contributed by atoms with Crippen LogP contribution < -0.4 is 21.3 Å². The summed E-state index contributed by atoms with van der Waals surface area (Å²) in [7, 11) is 2.15. The van der Waals surface area contributed by atoms with Crippen molar-refractivity contribution in [3.05, 3.63) is 108 Å². The van der Waals surface area contributed by atoms with Crippen LogP contribution in [0.15, 0.2) is 96.8 Å². The van der Waals surface area contributed by atoms with Gasteiger partial charge in [0, 0.05) is 54.0 Å². The first-order valence-electron chi connectivity index (χ1n) is 17.7. The Labute approximate surface area is 284 Å². The van der Waals surface area contributed by atoms with E-state index in [0.29, 0.717) is 6.42 Å². The van der Waals surface area contributed by atoms with Gasteiger partial charge >= 0.3 is 0 Å². The maximum atomic E-state index is 12.3. The highest BCUT2D eigenvalue weighted by molar-refractivity contribution is 6.03. The number of hydrogen-bond acceptors (Lipinski definition) is 4. The molecule has 1 amide bonds. The summed E-state index contributed by atoms with van der Waals surface area (Å²) in [6, 6.07) is 17.4. The Morgan fingerprint density at radius 2 is 1.49 bits per heavy atom. The molecular weight excluding hydrogens is 578 g/mol. The van der Waals surface area contributed by atoms with Gasteiger partial charge in [-0.3, -0.25) is 4.79 Å². The van der Waals surface area contributed by atoms with Crippen LogP contribution in [0.25, 0.3) is 0 Å². The fourth-order valence-electron chi connectivity index (χ4n) is 6.95. The Hall–Kier alpha value is -3.74. The van der Waals surface area contributed by atoms with E-state index in [1.807, 2.05) is 0 Å². The molecular formula is C41H58N5O+. The van der Waals surface area contributed by atoms with E-state index < -0.39 is 0 Å². The summed E-state index contributed by atoms with van der Waals surface area (Å²) < 4.78 is 2.30. The van der Waals surface area contributed by atoms with Gasteiger partial charge in [0.2, 0.25) is 11.6 Å². The van der Waals surface area contributed by atoms with Crippen molar-refractivity contribution in [1.29, 1.82) is 0 Å². The molecule has 0 aromatic heterocycles. The van der Waals surface area contributed by atoms with Gasteiger partial charge in [-0.25, -0.2) is 0 Å². The Morgan fingerprint density at radius 1 is 0.787 bits per heavy atom. The summed E-state index contributed by atoms with van der Waals surface area (Å²) >= 11 is 0. The number of hydrogen-bond donors (Lipinski definition) is 3. The molecule has 4 N–H and O–H groups in total. The number of unbranched alkanes of at least 4 members (excludes halogenated alkanes) is 3. The van der Waals surface area contributed by atoms with Crippen molar-refractivity contribution in [2.45, 2.75) is 83.5 Å². The number of benzene rings is 2. The van der Waals surface area contributed by atoms with E-state index in [9.17, 15) is 4.79 Å². The smallest absolute Gasteiger partial charge is 0.219 e. The van der Waals surface area contributed by atoms with E-state index in [4.69, 9.17) is 5.73 Å². The van der Waals surface area contributed by atoms with Crippen molar-refractivity contribution >= 4 is 23.0 Å². The molecule has 0 atom stereocenters. The van der Waals surface area contributed by atoms with Crippen LogP contribution in [0.3, 0.4) is 0 Å². The van der Waals surface area contributed by atoms with E-state index in [1.54, 1.807) is 0 Å². The topological polar surface area (TPSA) is 73.4 Å². The Balaban J connectivity index is 1.27. The van der Waals surface area contributed by atoms with Gasteiger partial charge in [0.15, 0.2) is 5.71 Å². The average molecular weight is 637 g/mol. The summed E-state index contributed by atoms with van der Waals surface area (Å²) in [5, 5.41) is 6.48. The lowest BCUT2D eigenvalue weighted by atomic mass is 9.81. The second kappa shape index (κ2) is 17.4. The molecule has 0 radical (unpaired) electrons. The molecule has 2 heterocycles. The second-order valence-electron chi connectivity index (χ2n) is 13.8. The van der Waals surface area contributed by atoms with Crippen LogP contribution in [0.2, 0.25) is 0 Å². The first-order valence-corrected chi connectivity index (χ1v) is 17.7. The fraction of sp³-hybridized carbons (Fsp3) is 0.463. The molecule has 0 unspecified atom stereocenters. The van der Waals surface area contributed by atoms with Crippen molar-refractivity contribution in [3.8, 4) is 0 Å². The van der Waals surface area contributed by atoms with Crippen LogP contribution in [0.4, 0.5) is 11.4 Å². The molecule has 2 aromatic carbocycles. The lowest BCUT2D eigenvalue weighted by Gasteiger charge is -2.27. The molecule has 2 aromatic rings. The molecule has 2 aliphatic heterocycles. The molecule has 6 heteroatoms. The quantitative estimate of drug-likeness (QED) is 0.0904. The monoisotopic (exact) mass is 636 g/mol. The molecule has 4 rings (SSSR count). The van der Waals surface area contributed by atoms with Gasteiger partial charge in [0.1, 0.15) is 7.05 Å². The Kier molecular flexibility index (Phi) is 13.4. The third kappa shape index (κ3) is 9.21. The molecule has 252 valence electrons. The molecule has 0 saturated carbocycles. The summed E-state index contributed by atoms with van der Waals surface area (Å²) in [4.78, 5) is 14.8. The number of para-hydroxylation sites is 2. The number of anilines is 1. The highest BCUT2D eigenvalue weighted by Crippen LogP contribution is 2.47. The second-order valence-corrected chi connectivity index (χ2v) is 13.8. The van der Waals surface area contributed by atoms with Gasteiger partial charge in [-0.2, -0.15) is 4.58 Å². The largest absolute Gasteiger partial charge is 0.356 e. The van der Waals surface area contributed by atoms with Crippen LogP contribution in [0, 0.1) is 0 Å². The zero-order valence-corrected chi connectivity index (χ0v) is 29.5. The standard InChI is InChI=1S/C41H57N5O/c1-40(2)33-21-13-15-23-35(33)45(5)37(40)25-10-7-6-8-11-26-38-41(3,4)34-22-14-16-24-36(34)46(38)32-19-9-12-27-39(47)44-31-20-30-43-29-18-17-28-42/h6-8,10-11,13-16,21-26,43H,9,12,17-20,27-32,42H2,1-5H3/p+1. The minimum Gasteiger partial charge on any atom is -0.356 e. The number of fused-ring (bicyclic) bond motifs is 2. The SMILES string of the molecule is C[N+]1=C(C=CC=CC=CC=C2N(CCCCCC(=O)NCCCNCCCCN)c3ccccc3C2(C)C)C(C)(C)c2ccccc21. The van der Waals surface area contributed by atoms with Crippen molar-refractivity contribution in [2.24, 2.45) is 5.73 Å². The zero-order chi connectivity index (χ0) is 33.7. The first-order chi connectivity index (χ1) is 22.7. The fourth-order valence-corrected chi connectivity index (χ4v) is 6.95. The Morgan fingerprint density at radius 3 is 2.28 bits per heavy atom. The van der Waals surface area contributed by atoms with E-state index in [1.165, 1.54) is 33.9 Å². The minimum atomic E-state index is -0.0754. The third-order valence-electron chi connectivity index (χ3n) is 9.64. The van der Waals surface area contributed by atoms with Crippen molar-refractivity contribution < 1.29 is 9.37 Å². The highest BCUT2D eigenvalue weighted by atomic mass is 16.1. The lowest BCUT2D eigenvalue weighted by Crippen LogP contribution is -2.28.